The van der Waals surface area contributed by atoms with Crippen molar-refractivity contribution in [1.29, 1.82) is 0 Å². The molecular weight excluding hydrogens is 204 g/mol. The van der Waals surface area contributed by atoms with Gasteiger partial charge in [0.2, 0.25) is 0 Å². The summed E-state index contributed by atoms with van der Waals surface area (Å²) >= 11 is 0. The average Bonchev–Trinajstić information content (AvgIpc) is 2.60. The summed E-state index contributed by atoms with van der Waals surface area (Å²) in [6.45, 7) is 0. The van der Waals surface area contributed by atoms with E-state index >= 15 is 0 Å². The molecule has 2 aromatic rings. The Kier molecular flexibility index (Phi) is 2.72. The number of rotatable bonds is 3. The van der Waals surface area contributed by atoms with Crippen LogP contribution in [0.3, 0.4) is 0 Å². The van der Waals surface area contributed by atoms with Crippen LogP contribution in [-0.2, 0) is 18.3 Å². The molecular formula is C12H12N2O2. The third-order valence-electron chi connectivity index (χ3n) is 2.31. The topological polar surface area (TPSA) is 55.1 Å². The SMILES string of the molecule is Cn1cc(-c2ccccc2)c(CC(=O)O)n1. The first kappa shape index (κ1) is 10.4. The Morgan fingerprint density at radius 2 is 2.06 bits per heavy atom. The van der Waals surface area contributed by atoms with E-state index in [0.717, 1.165) is 11.1 Å². The van der Waals surface area contributed by atoms with Gasteiger partial charge in [0, 0.05) is 18.8 Å². The molecule has 1 N–H and O–H groups in total. The summed E-state index contributed by atoms with van der Waals surface area (Å²) < 4.78 is 1.64. The van der Waals surface area contributed by atoms with E-state index < -0.39 is 5.97 Å². The molecule has 1 heterocycles. The second-order valence-electron chi connectivity index (χ2n) is 3.60. The van der Waals surface area contributed by atoms with Crippen molar-refractivity contribution in [2.24, 2.45) is 7.05 Å². The lowest BCUT2D eigenvalue weighted by atomic mass is 10.1. The van der Waals surface area contributed by atoms with Crippen LogP contribution >= 0.6 is 0 Å². The molecule has 16 heavy (non-hydrogen) atoms. The van der Waals surface area contributed by atoms with Gasteiger partial charge in [0.25, 0.3) is 0 Å². The zero-order chi connectivity index (χ0) is 11.5. The summed E-state index contributed by atoms with van der Waals surface area (Å²) in [5, 5.41) is 13.0. The monoisotopic (exact) mass is 216 g/mol. The van der Waals surface area contributed by atoms with Crippen molar-refractivity contribution < 1.29 is 9.90 Å². The van der Waals surface area contributed by atoms with Gasteiger partial charge in [0.1, 0.15) is 0 Å². The maximum atomic E-state index is 10.7. The van der Waals surface area contributed by atoms with Crippen LogP contribution in [0.5, 0.6) is 0 Å². The molecule has 2 rings (SSSR count). The molecule has 1 aromatic heterocycles. The standard InChI is InChI=1S/C12H12N2O2/c1-14-8-10(9-5-3-2-4-6-9)11(13-14)7-12(15)16/h2-6,8H,7H2,1H3,(H,15,16). The van der Waals surface area contributed by atoms with Gasteiger partial charge in [0.05, 0.1) is 12.1 Å². The molecule has 0 bridgehead atoms. The Morgan fingerprint density at radius 1 is 1.38 bits per heavy atom. The third-order valence-corrected chi connectivity index (χ3v) is 2.31. The van der Waals surface area contributed by atoms with E-state index in [1.807, 2.05) is 36.5 Å². The Balaban J connectivity index is 2.44. The maximum Gasteiger partial charge on any atom is 0.309 e. The predicted octanol–water partition coefficient (Wildman–Crippen LogP) is 1.71. The van der Waals surface area contributed by atoms with Gasteiger partial charge in [0.15, 0.2) is 0 Å². The Bertz CT molecular complexity index is 503. The van der Waals surface area contributed by atoms with Crippen molar-refractivity contribution in [3.05, 3.63) is 42.2 Å². The second kappa shape index (κ2) is 4.18. The van der Waals surface area contributed by atoms with Crippen molar-refractivity contribution in [1.82, 2.24) is 9.78 Å². The number of hydrogen-bond donors (Lipinski definition) is 1. The molecule has 4 heteroatoms. The van der Waals surface area contributed by atoms with E-state index in [4.69, 9.17) is 5.11 Å². The molecule has 1 aromatic carbocycles. The third kappa shape index (κ3) is 2.11. The molecule has 4 nitrogen and oxygen atoms in total. The summed E-state index contributed by atoms with van der Waals surface area (Å²) in [5.41, 5.74) is 2.47. The lowest BCUT2D eigenvalue weighted by Crippen LogP contribution is -2.02. The van der Waals surface area contributed by atoms with Crippen LogP contribution in [0.15, 0.2) is 36.5 Å². The maximum absolute atomic E-state index is 10.7. The number of carboxylic acid groups (broad SMARTS) is 1. The smallest absolute Gasteiger partial charge is 0.309 e. The van der Waals surface area contributed by atoms with Gasteiger partial charge in [-0.05, 0) is 5.56 Å². The fraction of sp³-hybridized carbons (Fsp3) is 0.167. The lowest BCUT2D eigenvalue weighted by molar-refractivity contribution is -0.136. The quantitative estimate of drug-likeness (QED) is 0.849. The van der Waals surface area contributed by atoms with Crippen LogP contribution in [0, 0.1) is 0 Å². The number of benzene rings is 1. The zero-order valence-electron chi connectivity index (χ0n) is 8.92. The molecule has 0 radical (unpaired) electrons. The van der Waals surface area contributed by atoms with Gasteiger partial charge in [-0.15, -0.1) is 0 Å². The molecule has 0 saturated carbocycles. The molecule has 0 aliphatic carbocycles. The Hall–Kier alpha value is -2.10. The average molecular weight is 216 g/mol. The second-order valence-corrected chi connectivity index (χ2v) is 3.60. The van der Waals surface area contributed by atoms with Crippen molar-refractivity contribution in [2.75, 3.05) is 0 Å². The highest BCUT2D eigenvalue weighted by Gasteiger charge is 2.12. The summed E-state index contributed by atoms with van der Waals surface area (Å²) in [6.07, 6.45) is 1.79. The predicted molar refractivity (Wildman–Crippen MR) is 60.0 cm³/mol. The summed E-state index contributed by atoms with van der Waals surface area (Å²) in [5.74, 6) is -0.865. The highest BCUT2D eigenvalue weighted by atomic mass is 16.4. The van der Waals surface area contributed by atoms with Crippen molar-refractivity contribution in [3.63, 3.8) is 0 Å². The van der Waals surface area contributed by atoms with E-state index in [1.54, 1.807) is 11.7 Å². The molecule has 0 aliphatic rings. The van der Waals surface area contributed by atoms with Crippen LogP contribution in [-0.4, -0.2) is 20.9 Å². The van der Waals surface area contributed by atoms with Gasteiger partial charge in [-0.25, -0.2) is 0 Å². The summed E-state index contributed by atoms with van der Waals surface area (Å²) in [6, 6.07) is 9.67. The molecule has 0 fully saturated rings. The zero-order valence-corrected chi connectivity index (χ0v) is 8.92. The van der Waals surface area contributed by atoms with E-state index in [0.29, 0.717) is 5.69 Å². The fourth-order valence-corrected chi connectivity index (χ4v) is 1.67. The van der Waals surface area contributed by atoms with Gasteiger partial charge in [-0.2, -0.15) is 5.10 Å². The summed E-state index contributed by atoms with van der Waals surface area (Å²) in [4.78, 5) is 10.7. The normalized spacial score (nSPS) is 10.3. The number of nitrogens with zero attached hydrogens (tertiary/aromatic N) is 2. The Morgan fingerprint density at radius 3 is 2.69 bits per heavy atom. The molecule has 0 unspecified atom stereocenters. The number of carbonyl (C=O) groups is 1. The first-order valence-electron chi connectivity index (χ1n) is 4.96. The number of hydrogen-bond acceptors (Lipinski definition) is 2. The first-order valence-corrected chi connectivity index (χ1v) is 4.96. The molecule has 0 aliphatic heterocycles. The van der Waals surface area contributed by atoms with Gasteiger partial charge < -0.3 is 5.11 Å². The first-order chi connectivity index (χ1) is 7.66. The Labute approximate surface area is 93.1 Å². The van der Waals surface area contributed by atoms with Crippen molar-refractivity contribution in [2.45, 2.75) is 6.42 Å². The van der Waals surface area contributed by atoms with Gasteiger partial charge in [-0.3, -0.25) is 9.48 Å². The van der Waals surface area contributed by atoms with Crippen LogP contribution in [0.25, 0.3) is 11.1 Å². The van der Waals surface area contributed by atoms with Crippen molar-refractivity contribution >= 4 is 5.97 Å². The number of aliphatic carboxylic acids is 1. The van der Waals surface area contributed by atoms with Crippen LogP contribution in [0.1, 0.15) is 5.69 Å². The van der Waals surface area contributed by atoms with Crippen molar-refractivity contribution in [3.8, 4) is 11.1 Å². The van der Waals surface area contributed by atoms with E-state index in [-0.39, 0.29) is 6.42 Å². The van der Waals surface area contributed by atoms with Crippen LogP contribution in [0.4, 0.5) is 0 Å². The fourth-order valence-electron chi connectivity index (χ4n) is 1.67. The minimum absolute atomic E-state index is 0.0505. The number of aromatic nitrogens is 2. The lowest BCUT2D eigenvalue weighted by Gasteiger charge is -1.99. The van der Waals surface area contributed by atoms with Crippen LogP contribution in [0.2, 0.25) is 0 Å². The number of aryl methyl sites for hydroxylation is 1. The minimum atomic E-state index is -0.865. The largest absolute Gasteiger partial charge is 0.481 e. The minimum Gasteiger partial charge on any atom is -0.481 e. The van der Waals surface area contributed by atoms with Gasteiger partial charge >= 0.3 is 5.97 Å². The van der Waals surface area contributed by atoms with E-state index in [2.05, 4.69) is 5.10 Å². The molecule has 82 valence electrons. The summed E-state index contributed by atoms with van der Waals surface area (Å²) in [7, 11) is 1.79. The number of carboxylic acids is 1. The van der Waals surface area contributed by atoms with E-state index in [9.17, 15) is 4.79 Å². The molecule has 0 saturated heterocycles. The molecule has 0 amide bonds. The van der Waals surface area contributed by atoms with Gasteiger partial charge in [-0.1, -0.05) is 30.3 Å². The molecule has 0 spiro atoms. The van der Waals surface area contributed by atoms with Crippen LogP contribution < -0.4 is 0 Å². The highest BCUT2D eigenvalue weighted by molar-refractivity contribution is 5.75. The van der Waals surface area contributed by atoms with E-state index in [1.165, 1.54) is 0 Å². The highest BCUT2D eigenvalue weighted by Crippen LogP contribution is 2.22. The molecule has 0 atom stereocenters.